The van der Waals surface area contributed by atoms with Crippen molar-refractivity contribution in [1.29, 1.82) is 0 Å². The van der Waals surface area contributed by atoms with Gasteiger partial charge in [0.25, 0.3) is 0 Å². The molecule has 1 aliphatic heterocycles. The molecule has 0 aliphatic carbocycles. The van der Waals surface area contributed by atoms with Gasteiger partial charge in [-0.1, -0.05) is 39.0 Å². The van der Waals surface area contributed by atoms with Crippen molar-refractivity contribution in [3.8, 4) is 5.75 Å². The van der Waals surface area contributed by atoms with Crippen LogP contribution in [0.5, 0.6) is 5.75 Å². The number of aliphatic imine (C=N–C) groups is 1. The maximum absolute atomic E-state index is 5.99. The molecule has 1 saturated heterocycles. The summed E-state index contributed by atoms with van der Waals surface area (Å²) >= 11 is 0. The third-order valence-electron chi connectivity index (χ3n) is 4.71. The van der Waals surface area contributed by atoms with Crippen molar-refractivity contribution in [1.82, 2.24) is 10.6 Å². The molecular formula is C22H38IN3O3. The second-order valence-corrected chi connectivity index (χ2v) is 8.18. The lowest BCUT2D eigenvalue weighted by Gasteiger charge is -2.22. The molecule has 2 rings (SSSR count). The predicted molar refractivity (Wildman–Crippen MR) is 130 cm³/mol. The number of para-hydroxylation sites is 1. The van der Waals surface area contributed by atoms with E-state index in [0.717, 1.165) is 57.5 Å². The first-order valence-corrected chi connectivity index (χ1v) is 10.3. The molecule has 7 heteroatoms. The van der Waals surface area contributed by atoms with Crippen LogP contribution < -0.4 is 15.4 Å². The SMILES string of the molecule is CN=C(NCCCOCC1CCOC1)NCCOc1ccccc1C(C)(C)C.I. The second-order valence-electron chi connectivity index (χ2n) is 8.18. The number of guanidine groups is 1. The van der Waals surface area contributed by atoms with E-state index >= 15 is 0 Å². The Morgan fingerprint density at radius 1 is 1.17 bits per heavy atom. The molecule has 1 aliphatic rings. The monoisotopic (exact) mass is 519 g/mol. The molecule has 6 nitrogen and oxygen atoms in total. The van der Waals surface area contributed by atoms with Crippen molar-refractivity contribution in [2.75, 3.05) is 53.2 Å². The molecule has 1 atom stereocenters. The first-order chi connectivity index (χ1) is 13.5. The number of hydrogen-bond acceptors (Lipinski definition) is 4. The minimum absolute atomic E-state index is 0. The van der Waals surface area contributed by atoms with Crippen molar-refractivity contribution in [2.24, 2.45) is 10.9 Å². The summed E-state index contributed by atoms with van der Waals surface area (Å²) in [6.07, 6.45) is 2.07. The Hall–Kier alpha value is -1.06. The Morgan fingerprint density at radius 3 is 2.62 bits per heavy atom. The maximum Gasteiger partial charge on any atom is 0.191 e. The lowest BCUT2D eigenvalue weighted by atomic mass is 9.86. The molecule has 1 aromatic carbocycles. The Morgan fingerprint density at radius 2 is 1.93 bits per heavy atom. The van der Waals surface area contributed by atoms with Crippen LogP contribution >= 0.6 is 24.0 Å². The first-order valence-electron chi connectivity index (χ1n) is 10.3. The number of benzene rings is 1. The van der Waals surface area contributed by atoms with Crippen LogP contribution in [-0.4, -0.2) is 59.1 Å². The van der Waals surface area contributed by atoms with Gasteiger partial charge in [-0.3, -0.25) is 4.99 Å². The molecule has 1 unspecified atom stereocenters. The van der Waals surface area contributed by atoms with Gasteiger partial charge in [0.15, 0.2) is 5.96 Å². The van der Waals surface area contributed by atoms with E-state index in [1.54, 1.807) is 7.05 Å². The maximum atomic E-state index is 5.99. The molecule has 1 fully saturated rings. The van der Waals surface area contributed by atoms with E-state index in [-0.39, 0.29) is 29.4 Å². The fraction of sp³-hybridized carbons (Fsp3) is 0.682. The molecule has 0 aromatic heterocycles. The van der Waals surface area contributed by atoms with Crippen LogP contribution in [0.2, 0.25) is 0 Å². The normalized spacial score (nSPS) is 17.0. The third kappa shape index (κ3) is 10.00. The summed E-state index contributed by atoms with van der Waals surface area (Å²) in [5.74, 6) is 2.31. The third-order valence-corrected chi connectivity index (χ3v) is 4.71. The quantitative estimate of drug-likeness (QED) is 0.214. The van der Waals surface area contributed by atoms with Crippen molar-refractivity contribution >= 4 is 29.9 Å². The highest BCUT2D eigenvalue weighted by molar-refractivity contribution is 14.0. The first kappa shape index (κ1) is 26.0. The Labute approximate surface area is 193 Å². The molecule has 2 N–H and O–H groups in total. The van der Waals surface area contributed by atoms with Crippen molar-refractivity contribution in [3.05, 3.63) is 29.8 Å². The van der Waals surface area contributed by atoms with Gasteiger partial charge in [-0.2, -0.15) is 0 Å². The summed E-state index contributed by atoms with van der Waals surface area (Å²) in [6.45, 7) is 12.0. The summed E-state index contributed by atoms with van der Waals surface area (Å²) in [5.41, 5.74) is 1.29. The van der Waals surface area contributed by atoms with Crippen molar-refractivity contribution in [2.45, 2.75) is 39.0 Å². The molecule has 1 heterocycles. The molecule has 166 valence electrons. The van der Waals surface area contributed by atoms with Crippen LogP contribution in [0.4, 0.5) is 0 Å². The van der Waals surface area contributed by atoms with Gasteiger partial charge < -0.3 is 24.8 Å². The molecule has 0 radical (unpaired) electrons. The minimum Gasteiger partial charge on any atom is -0.491 e. The standard InChI is InChI=1S/C22H37N3O3.HI/c1-22(2,3)19-8-5-6-9-20(19)28-15-12-25-21(23-4)24-11-7-13-26-16-18-10-14-27-17-18;/h5-6,8-9,18H,7,10-17H2,1-4H3,(H2,23,24,25);1H. The highest BCUT2D eigenvalue weighted by Crippen LogP contribution is 2.30. The Kier molecular flexibility index (Phi) is 12.6. The Balaban J connectivity index is 0.00000420. The van der Waals surface area contributed by atoms with Gasteiger partial charge in [-0.25, -0.2) is 0 Å². The molecule has 1 aromatic rings. The van der Waals surface area contributed by atoms with Crippen LogP contribution in [0.3, 0.4) is 0 Å². The summed E-state index contributed by atoms with van der Waals surface area (Å²) in [5, 5.41) is 6.60. The zero-order valence-electron chi connectivity index (χ0n) is 18.3. The van der Waals surface area contributed by atoms with Gasteiger partial charge in [-0.05, 0) is 29.9 Å². The molecule has 0 saturated carbocycles. The largest absolute Gasteiger partial charge is 0.491 e. The number of halogens is 1. The van der Waals surface area contributed by atoms with Crippen LogP contribution in [0.1, 0.15) is 39.2 Å². The van der Waals surface area contributed by atoms with E-state index < -0.39 is 0 Å². The highest BCUT2D eigenvalue weighted by Gasteiger charge is 2.18. The highest BCUT2D eigenvalue weighted by atomic mass is 127. The lowest BCUT2D eigenvalue weighted by Crippen LogP contribution is -2.40. The fourth-order valence-electron chi connectivity index (χ4n) is 3.11. The van der Waals surface area contributed by atoms with E-state index in [1.165, 1.54) is 5.56 Å². The topological polar surface area (TPSA) is 64.1 Å². The van der Waals surface area contributed by atoms with Gasteiger partial charge in [0.1, 0.15) is 12.4 Å². The van der Waals surface area contributed by atoms with E-state index in [2.05, 4.69) is 48.5 Å². The lowest BCUT2D eigenvalue weighted by molar-refractivity contribution is 0.0888. The number of nitrogens with one attached hydrogen (secondary N) is 2. The average Bonchev–Trinajstić information content (AvgIpc) is 3.19. The van der Waals surface area contributed by atoms with Crippen LogP contribution in [0.15, 0.2) is 29.3 Å². The minimum atomic E-state index is 0. The summed E-state index contributed by atoms with van der Waals surface area (Å²) in [7, 11) is 1.78. The number of hydrogen-bond donors (Lipinski definition) is 2. The zero-order valence-corrected chi connectivity index (χ0v) is 20.7. The van der Waals surface area contributed by atoms with E-state index in [4.69, 9.17) is 14.2 Å². The van der Waals surface area contributed by atoms with Crippen LogP contribution in [0, 0.1) is 5.92 Å². The van der Waals surface area contributed by atoms with Crippen molar-refractivity contribution in [3.63, 3.8) is 0 Å². The number of ether oxygens (including phenoxy) is 3. The summed E-state index contributed by atoms with van der Waals surface area (Å²) in [6, 6.07) is 8.24. The predicted octanol–water partition coefficient (Wildman–Crippen LogP) is 3.59. The van der Waals surface area contributed by atoms with Gasteiger partial charge in [0.2, 0.25) is 0 Å². The van der Waals surface area contributed by atoms with Gasteiger partial charge in [-0.15, -0.1) is 24.0 Å². The van der Waals surface area contributed by atoms with E-state index in [0.29, 0.717) is 19.1 Å². The Bertz CT molecular complexity index is 599. The van der Waals surface area contributed by atoms with E-state index in [1.807, 2.05) is 12.1 Å². The second kappa shape index (κ2) is 14.0. The van der Waals surface area contributed by atoms with Crippen LogP contribution in [-0.2, 0) is 14.9 Å². The zero-order chi connectivity index (χ0) is 20.2. The van der Waals surface area contributed by atoms with Crippen molar-refractivity contribution < 1.29 is 14.2 Å². The summed E-state index contributed by atoms with van der Waals surface area (Å²) in [4.78, 5) is 4.25. The molecule has 29 heavy (non-hydrogen) atoms. The smallest absolute Gasteiger partial charge is 0.191 e. The van der Waals surface area contributed by atoms with Gasteiger partial charge >= 0.3 is 0 Å². The number of rotatable bonds is 10. The molecule has 0 amide bonds. The van der Waals surface area contributed by atoms with Gasteiger partial charge in [0.05, 0.1) is 19.8 Å². The van der Waals surface area contributed by atoms with E-state index in [9.17, 15) is 0 Å². The summed E-state index contributed by atoms with van der Waals surface area (Å²) < 4.78 is 17.1. The fourth-order valence-corrected chi connectivity index (χ4v) is 3.11. The average molecular weight is 519 g/mol. The molecule has 0 spiro atoms. The molecular weight excluding hydrogens is 481 g/mol. The molecule has 0 bridgehead atoms. The van der Waals surface area contributed by atoms with Gasteiger partial charge in [0, 0.05) is 32.7 Å². The van der Waals surface area contributed by atoms with Crippen LogP contribution in [0.25, 0.3) is 0 Å². The number of nitrogens with zero attached hydrogens (tertiary/aromatic N) is 1.